The van der Waals surface area contributed by atoms with Gasteiger partial charge in [0, 0.05) is 25.2 Å². The number of amides is 1. The largest absolute Gasteiger partial charge is 0.338 e. The van der Waals surface area contributed by atoms with E-state index in [-0.39, 0.29) is 11.8 Å². The Balaban J connectivity index is 2.95. The Kier molecular flexibility index (Phi) is 4.40. The Morgan fingerprint density at radius 2 is 2.00 bits per heavy atom. The fourth-order valence-electron chi connectivity index (χ4n) is 1.44. The van der Waals surface area contributed by atoms with Crippen LogP contribution in [0.3, 0.4) is 0 Å². The maximum Gasteiger partial charge on any atom is 0.272 e. The highest BCUT2D eigenvalue weighted by Crippen LogP contribution is 2.09. The molecule has 0 aromatic carbocycles. The lowest BCUT2D eigenvalue weighted by molar-refractivity contribution is 0.0766. The van der Waals surface area contributed by atoms with Gasteiger partial charge < -0.3 is 4.90 Å². The third kappa shape index (κ3) is 2.78. The first-order valence-electron chi connectivity index (χ1n) is 5.72. The SMILES string of the molecule is CCN(CC)C(=O)c1ccnc(C(C)C)n1. The Bertz CT molecular complexity index is 359. The molecule has 0 bridgehead atoms. The summed E-state index contributed by atoms with van der Waals surface area (Å²) in [6.45, 7) is 9.37. The van der Waals surface area contributed by atoms with Crippen molar-refractivity contribution in [2.75, 3.05) is 13.1 Å². The molecule has 1 aromatic rings. The minimum Gasteiger partial charge on any atom is -0.338 e. The molecule has 0 unspecified atom stereocenters. The molecule has 0 radical (unpaired) electrons. The van der Waals surface area contributed by atoms with Crippen LogP contribution in [0.5, 0.6) is 0 Å². The molecular formula is C12H19N3O. The molecule has 0 N–H and O–H groups in total. The van der Waals surface area contributed by atoms with E-state index in [9.17, 15) is 4.79 Å². The number of carbonyl (C=O) groups is 1. The standard InChI is InChI=1S/C12H19N3O/c1-5-15(6-2)12(16)10-7-8-13-11(14-10)9(3)4/h7-9H,5-6H2,1-4H3. The molecule has 0 spiro atoms. The summed E-state index contributed by atoms with van der Waals surface area (Å²) >= 11 is 0. The monoisotopic (exact) mass is 221 g/mol. The van der Waals surface area contributed by atoms with Gasteiger partial charge in [-0.05, 0) is 19.9 Å². The summed E-state index contributed by atoms with van der Waals surface area (Å²) in [7, 11) is 0. The average molecular weight is 221 g/mol. The third-order valence-electron chi connectivity index (χ3n) is 2.46. The second kappa shape index (κ2) is 5.58. The third-order valence-corrected chi connectivity index (χ3v) is 2.46. The lowest BCUT2D eigenvalue weighted by Gasteiger charge is -2.18. The predicted molar refractivity (Wildman–Crippen MR) is 63.4 cm³/mol. The van der Waals surface area contributed by atoms with Crippen LogP contribution in [0.1, 0.15) is 49.9 Å². The molecule has 1 heterocycles. The van der Waals surface area contributed by atoms with Crippen molar-refractivity contribution in [1.29, 1.82) is 0 Å². The zero-order valence-corrected chi connectivity index (χ0v) is 10.4. The summed E-state index contributed by atoms with van der Waals surface area (Å²) in [4.78, 5) is 22.2. The Morgan fingerprint density at radius 1 is 1.38 bits per heavy atom. The van der Waals surface area contributed by atoms with E-state index in [0.717, 1.165) is 5.82 Å². The fraction of sp³-hybridized carbons (Fsp3) is 0.583. The molecule has 1 rings (SSSR count). The van der Waals surface area contributed by atoms with E-state index in [4.69, 9.17) is 0 Å². The van der Waals surface area contributed by atoms with Crippen molar-refractivity contribution >= 4 is 5.91 Å². The van der Waals surface area contributed by atoms with E-state index < -0.39 is 0 Å². The van der Waals surface area contributed by atoms with Crippen LogP contribution in [0.2, 0.25) is 0 Å². The first-order valence-corrected chi connectivity index (χ1v) is 5.72. The van der Waals surface area contributed by atoms with Crippen LogP contribution in [-0.4, -0.2) is 33.9 Å². The molecule has 0 atom stereocenters. The maximum atomic E-state index is 12.0. The lowest BCUT2D eigenvalue weighted by Crippen LogP contribution is -2.31. The van der Waals surface area contributed by atoms with Gasteiger partial charge in [0.15, 0.2) is 0 Å². The van der Waals surface area contributed by atoms with E-state index in [1.54, 1.807) is 17.2 Å². The van der Waals surface area contributed by atoms with Crippen LogP contribution >= 0.6 is 0 Å². The molecule has 16 heavy (non-hydrogen) atoms. The van der Waals surface area contributed by atoms with Crippen LogP contribution in [0.25, 0.3) is 0 Å². The number of carbonyl (C=O) groups excluding carboxylic acids is 1. The van der Waals surface area contributed by atoms with Gasteiger partial charge in [0.05, 0.1) is 0 Å². The van der Waals surface area contributed by atoms with Gasteiger partial charge in [-0.15, -0.1) is 0 Å². The first kappa shape index (κ1) is 12.6. The summed E-state index contributed by atoms with van der Waals surface area (Å²) in [6, 6.07) is 1.67. The Hall–Kier alpha value is -1.45. The summed E-state index contributed by atoms with van der Waals surface area (Å²) in [5.74, 6) is 0.941. The van der Waals surface area contributed by atoms with E-state index in [1.807, 2.05) is 27.7 Å². The van der Waals surface area contributed by atoms with Crippen LogP contribution < -0.4 is 0 Å². The average Bonchev–Trinajstić information content (AvgIpc) is 2.30. The predicted octanol–water partition coefficient (Wildman–Crippen LogP) is 2.08. The zero-order chi connectivity index (χ0) is 12.1. The summed E-state index contributed by atoms with van der Waals surface area (Å²) in [5.41, 5.74) is 0.488. The minimum atomic E-state index is -0.0192. The molecule has 88 valence electrons. The van der Waals surface area contributed by atoms with Gasteiger partial charge in [-0.2, -0.15) is 0 Å². The van der Waals surface area contributed by atoms with Crippen molar-refractivity contribution < 1.29 is 4.79 Å². The van der Waals surface area contributed by atoms with Crippen LogP contribution in [-0.2, 0) is 0 Å². The molecule has 0 fully saturated rings. The maximum absolute atomic E-state index is 12.0. The minimum absolute atomic E-state index is 0.0192. The van der Waals surface area contributed by atoms with Crippen LogP contribution in [0.15, 0.2) is 12.3 Å². The molecule has 1 amide bonds. The van der Waals surface area contributed by atoms with E-state index in [0.29, 0.717) is 18.8 Å². The lowest BCUT2D eigenvalue weighted by atomic mass is 10.2. The number of hydrogen-bond donors (Lipinski definition) is 0. The van der Waals surface area contributed by atoms with Crippen molar-refractivity contribution in [2.24, 2.45) is 0 Å². The zero-order valence-electron chi connectivity index (χ0n) is 10.4. The Morgan fingerprint density at radius 3 is 2.50 bits per heavy atom. The second-order valence-electron chi connectivity index (χ2n) is 3.93. The second-order valence-corrected chi connectivity index (χ2v) is 3.93. The van der Waals surface area contributed by atoms with Crippen molar-refractivity contribution in [3.05, 3.63) is 23.8 Å². The highest BCUT2D eigenvalue weighted by molar-refractivity contribution is 5.92. The van der Waals surface area contributed by atoms with E-state index in [1.165, 1.54) is 0 Å². The van der Waals surface area contributed by atoms with Crippen LogP contribution in [0, 0.1) is 0 Å². The Labute approximate surface area is 96.7 Å². The number of hydrogen-bond acceptors (Lipinski definition) is 3. The molecular weight excluding hydrogens is 202 g/mol. The van der Waals surface area contributed by atoms with Crippen molar-refractivity contribution in [3.8, 4) is 0 Å². The topological polar surface area (TPSA) is 46.1 Å². The fourth-order valence-corrected chi connectivity index (χ4v) is 1.44. The molecule has 4 nitrogen and oxygen atoms in total. The summed E-state index contributed by atoms with van der Waals surface area (Å²) < 4.78 is 0. The van der Waals surface area contributed by atoms with Gasteiger partial charge in [-0.3, -0.25) is 4.79 Å². The van der Waals surface area contributed by atoms with E-state index >= 15 is 0 Å². The van der Waals surface area contributed by atoms with Crippen molar-refractivity contribution in [2.45, 2.75) is 33.6 Å². The molecule has 0 saturated heterocycles. The molecule has 4 heteroatoms. The van der Waals surface area contributed by atoms with Gasteiger partial charge in [0.25, 0.3) is 5.91 Å². The van der Waals surface area contributed by atoms with Gasteiger partial charge in [0.2, 0.25) is 0 Å². The van der Waals surface area contributed by atoms with Crippen molar-refractivity contribution in [1.82, 2.24) is 14.9 Å². The van der Waals surface area contributed by atoms with Gasteiger partial charge >= 0.3 is 0 Å². The van der Waals surface area contributed by atoms with Crippen LogP contribution in [0.4, 0.5) is 0 Å². The number of rotatable bonds is 4. The quantitative estimate of drug-likeness (QED) is 0.782. The molecule has 1 aromatic heterocycles. The molecule has 0 aliphatic rings. The highest BCUT2D eigenvalue weighted by Gasteiger charge is 2.15. The first-order chi connectivity index (χ1) is 7.60. The smallest absolute Gasteiger partial charge is 0.272 e. The van der Waals surface area contributed by atoms with Gasteiger partial charge in [-0.25, -0.2) is 9.97 Å². The normalized spacial score (nSPS) is 10.6. The summed E-state index contributed by atoms with van der Waals surface area (Å²) in [6.07, 6.45) is 1.65. The van der Waals surface area contributed by atoms with E-state index in [2.05, 4.69) is 9.97 Å². The highest BCUT2D eigenvalue weighted by atomic mass is 16.2. The molecule has 0 aliphatic heterocycles. The summed E-state index contributed by atoms with van der Waals surface area (Å²) in [5, 5.41) is 0. The van der Waals surface area contributed by atoms with Crippen molar-refractivity contribution in [3.63, 3.8) is 0 Å². The number of aromatic nitrogens is 2. The number of nitrogens with zero attached hydrogens (tertiary/aromatic N) is 3. The molecule has 0 aliphatic carbocycles. The van der Waals surface area contributed by atoms with Gasteiger partial charge in [-0.1, -0.05) is 13.8 Å². The van der Waals surface area contributed by atoms with Gasteiger partial charge in [0.1, 0.15) is 11.5 Å². The molecule has 0 saturated carbocycles.